The second kappa shape index (κ2) is 6.45. The molecule has 2 rings (SSSR count). The van der Waals surface area contributed by atoms with Crippen molar-refractivity contribution in [3.63, 3.8) is 0 Å². The predicted octanol–water partition coefficient (Wildman–Crippen LogP) is 0.645. The van der Waals surface area contributed by atoms with Gasteiger partial charge in [0, 0.05) is 12.6 Å². The van der Waals surface area contributed by atoms with Gasteiger partial charge in [-0.05, 0) is 12.8 Å². The quantitative estimate of drug-likeness (QED) is 0.709. The zero-order valence-corrected chi connectivity index (χ0v) is 14.2. The molecule has 0 N–H and O–H groups in total. The summed E-state index contributed by atoms with van der Waals surface area (Å²) in [5, 5.41) is -1.32. The molecule has 0 aromatic rings. The van der Waals surface area contributed by atoms with Gasteiger partial charge in [-0.15, -0.1) is 0 Å². The van der Waals surface area contributed by atoms with Crippen LogP contribution in [0.3, 0.4) is 0 Å². The van der Waals surface area contributed by atoms with Crippen molar-refractivity contribution in [2.75, 3.05) is 20.6 Å². The third-order valence-corrected chi connectivity index (χ3v) is 6.64. The molecule has 1 atom stereocenters. The van der Waals surface area contributed by atoms with Crippen LogP contribution in [0.2, 0.25) is 0 Å². The van der Waals surface area contributed by atoms with Crippen molar-refractivity contribution in [1.82, 2.24) is 9.21 Å². The topological polar surface area (TPSA) is 77.8 Å². The first kappa shape index (κ1) is 17.1. The average molecular weight is 330 g/mol. The number of urea groups is 1. The van der Waals surface area contributed by atoms with E-state index in [2.05, 4.69) is 0 Å². The number of imide groups is 1. The van der Waals surface area contributed by atoms with Gasteiger partial charge in [0.2, 0.25) is 15.3 Å². The van der Waals surface area contributed by atoms with Crippen LogP contribution in [0.1, 0.15) is 39.0 Å². The Hall–Kier alpha value is -1.28. The van der Waals surface area contributed by atoms with Crippen LogP contribution in [-0.4, -0.2) is 72.3 Å². The van der Waals surface area contributed by atoms with Gasteiger partial charge >= 0.3 is 11.9 Å². The van der Waals surface area contributed by atoms with E-state index >= 15 is 0 Å². The lowest BCUT2D eigenvalue weighted by atomic mass is 9.95. The van der Waals surface area contributed by atoms with E-state index in [4.69, 9.17) is 0 Å². The third kappa shape index (κ3) is 2.94. The van der Waals surface area contributed by atoms with E-state index < -0.39 is 27.2 Å². The minimum Gasteiger partial charge on any atom is -0.245 e. The van der Waals surface area contributed by atoms with Crippen molar-refractivity contribution in [3.05, 3.63) is 0 Å². The van der Waals surface area contributed by atoms with Crippen LogP contribution >= 0.6 is 0 Å². The first-order valence-corrected chi connectivity index (χ1v) is 9.21. The number of hydrogen-bond donors (Lipinski definition) is 0. The molecule has 1 fully saturated rings. The molecule has 1 saturated carbocycles. The SMILES string of the molecule is CCN(C1CCCCC1)S(=O)(=O)C1C=[N+](C)C(=O)N(C)C1=O. The zero-order chi connectivity index (χ0) is 16.5. The Morgan fingerprint density at radius 1 is 1.27 bits per heavy atom. The lowest BCUT2D eigenvalue weighted by Crippen LogP contribution is -2.57. The summed E-state index contributed by atoms with van der Waals surface area (Å²) in [7, 11) is -1.04. The number of rotatable bonds is 4. The Morgan fingerprint density at radius 2 is 1.86 bits per heavy atom. The third-order valence-electron chi connectivity index (χ3n) is 4.46. The molecule has 0 radical (unpaired) electrons. The number of amides is 3. The molecule has 0 aromatic carbocycles. The van der Waals surface area contributed by atoms with Gasteiger partial charge in [0.1, 0.15) is 6.21 Å². The summed E-state index contributed by atoms with van der Waals surface area (Å²) in [6.45, 7) is 2.13. The van der Waals surface area contributed by atoms with Crippen molar-refractivity contribution in [2.45, 2.75) is 50.3 Å². The highest BCUT2D eigenvalue weighted by atomic mass is 32.2. The fraction of sp³-hybridized carbons (Fsp3) is 0.786. The Bertz CT molecular complexity index is 593. The van der Waals surface area contributed by atoms with E-state index in [1.165, 1.54) is 29.2 Å². The standard InChI is InChI=1S/C14H24N3O4S/c1-4-17(11-8-6-5-7-9-11)22(20,21)12-10-15(2)14(19)16(3)13(12)18/h10-12H,4-9H2,1-3H3/q+1. The second-order valence-corrected chi connectivity index (χ2v) is 7.91. The van der Waals surface area contributed by atoms with Crippen LogP contribution in [0, 0.1) is 0 Å². The molecule has 0 saturated heterocycles. The minimum atomic E-state index is -3.82. The van der Waals surface area contributed by atoms with Crippen LogP contribution < -0.4 is 0 Å². The molecule has 1 unspecified atom stereocenters. The smallest absolute Gasteiger partial charge is 0.245 e. The largest absolute Gasteiger partial charge is 0.500 e. The minimum absolute atomic E-state index is 0.0433. The highest BCUT2D eigenvalue weighted by molar-refractivity contribution is 7.91. The molecule has 0 spiro atoms. The maximum absolute atomic E-state index is 12.9. The Balaban J connectivity index is 2.35. The molecule has 0 aromatic heterocycles. The summed E-state index contributed by atoms with van der Waals surface area (Å²) >= 11 is 0. The first-order valence-electron chi connectivity index (χ1n) is 7.70. The molecular weight excluding hydrogens is 306 g/mol. The lowest BCUT2D eigenvalue weighted by Gasteiger charge is -2.34. The zero-order valence-electron chi connectivity index (χ0n) is 13.4. The van der Waals surface area contributed by atoms with Gasteiger partial charge in [-0.25, -0.2) is 17.8 Å². The van der Waals surface area contributed by atoms with Gasteiger partial charge in [-0.2, -0.15) is 14.0 Å². The van der Waals surface area contributed by atoms with Crippen molar-refractivity contribution < 1.29 is 22.6 Å². The van der Waals surface area contributed by atoms with Gasteiger partial charge < -0.3 is 0 Å². The van der Waals surface area contributed by atoms with Gasteiger partial charge in [0.25, 0.3) is 0 Å². The van der Waals surface area contributed by atoms with E-state index in [9.17, 15) is 18.0 Å². The normalized spacial score (nSPS) is 24.8. The molecular formula is C14H24N3O4S+. The van der Waals surface area contributed by atoms with E-state index in [0.717, 1.165) is 37.0 Å². The molecule has 8 heteroatoms. The number of nitrogens with zero attached hydrogens (tertiary/aromatic N) is 3. The van der Waals surface area contributed by atoms with Crippen molar-refractivity contribution in [3.8, 4) is 0 Å². The number of hydrogen-bond acceptors (Lipinski definition) is 4. The lowest BCUT2D eigenvalue weighted by molar-refractivity contribution is -0.399. The molecule has 124 valence electrons. The predicted molar refractivity (Wildman–Crippen MR) is 82.4 cm³/mol. The second-order valence-electron chi connectivity index (χ2n) is 5.90. The average Bonchev–Trinajstić information content (AvgIpc) is 2.50. The van der Waals surface area contributed by atoms with Crippen LogP contribution in [0.15, 0.2) is 0 Å². The molecule has 2 aliphatic rings. The monoisotopic (exact) mass is 330 g/mol. The molecule has 0 bridgehead atoms. The summed E-state index contributed by atoms with van der Waals surface area (Å²) in [6.07, 6.45) is 6.03. The van der Waals surface area contributed by atoms with Crippen molar-refractivity contribution in [1.29, 1.82) is 0 Å². The van der Waals surface area contributed by atoms with Gasteiger partial charge in [0.05, 0.1) is 14.1 Å². The molecule has 22 heavy (non-hydrogen) atoms. The molecule has 1 aliphatic carbocycles. The molecule has 1 aliphatic heterocycles. The highest BCUT2D eigenvalue weighted by Crippen LogP contribution is 2.26. The van der Waals surface area contributed by atoms with Gasteiger partial charge in [-0.3, -0.25) is 0 Å². The van der Waals surface area contributed by atoms with Gasteiger partial charge in [0.15, 0.2) is 0 Å². The number of carbonyl (C=O) groups excluding carboxylic acids is 2. The van der Waals surface area contributed by atoms with Crippen LogP contribution in [0.4, 0.5) is 4.79 Å². The highest BCUT2D eigenvalue weighted by Gasteiger charge is 2.49. The summed E-state index contributed by atoms with van der Waals surface area (Å²) in [5.74, 6) is -0.683. The summed E-state index contributed by atoms with van der Waals surface area (Å²) in [5.41, 5.74) is 0. The maximum atomic E-state index is 12.9. The van der Waals surface area contributed by atoms with Crippen LogP contribution in [0.5, 0.6) is 0 Å². The summed E-state index contributed by atoms with van der Waals surface area (Å²) < 4.78 is 28.5. The molecule has 3 amide bonds. The summed E-state index contributed by atoms with van der Waals surface area (Å²) in [4.78, 5) is 24.9. The Labute approximate surface area is 131 Å². The Kier molecular flexibility index (Phi) is 5.01. The van der Waals surface area contributed by atoms with Crippen LogP contribution in [-0.2, 0) is 14.8 Å². The number of sulfonamides is 1. The van der Waals surface area contributed by atoms with E-state index in [0.29, 0.717) is 6.54 Å². The van der Waals surface area contributed by atoms with Gasteiger partial charge in [-0.1, -0.05) is 26.2 Å². The first-order chi connectivity index (χ1) is 10.3. The maximum Gasteiger partial charge on any atom is 0.500 e. The van der Waals surface area contributed by atoms with Crippen molar-refractivity contribution >= 4 is 28.2 Å². The van der Waals surface area contributed by atoms with E-state index in [1.807, 2.05) is 0 Å². The van der Waals surface area contributed by atoms with Crippen LogP contribution in [0.25, 0.3) is 0 Å². The van der Waals surface area contributed by atoms with Crippen molar-refractivity contribution in [2.24, 2.45) is 0 Å². The molecule has 7 nitrogen and oxygen atoms in total. The Morgan fingerprint density at radius 3 is 2.41 bits per heavy atom. The fourth-order valence-electron chi connectivity index (χ4n) is 3.22. The number of carbonyl (C=O) groups is 2. The summed E-state index contributed by atoms with van der Waals surface area (Å²) in [6, 6.07) is -0.560. The van der Waals surface area contributed by atoms with E-state index in [1.54, 1.807) is 6.92 Å². The molecule has 1 heterocycles. The fourth-order valence-corrected chi connectivity index (χ4v) is 5.24. The van der Waals surface area contributed by atoms with E-state index in [-0.39, 0.29) is 6.04 Å².